The molecular formula is C49H58N2O. The van der Waals surface area contributed by atoms with E-state index >= 15 is 0 Å². The van der Waals surface area contributed by atoms with Gasteiger partial charge in [-0.05, 0) is 159 Å². The van der Waals surface area contributed by atoms with Gasteiger partial charge in [-0.1, -0.05) is 94.4 Å². The molecule has 8 rings (SSSR count). The lowest BCUT2D eigenvalue weighted by atomic mass is 9.55. The molecule has 1 heterocycles. The molecular weight excluding hydrogens is 633 g/mol. The van der Waals surface area contributed by atoms with Crippen molar-refractivity contribution in [2.24, 2.45) is 35.5 Å². The van der Waals surface area contributed by atoms with Gasteiger partial charge in [0.05, 0.1) is 0 Å². The lowest BCUT2D eigenvalue weighted by molar-refractivity contribution is 0.0429. The molecule has 4 aromatic carbocycles. The van der Waals surface area contributed by atoms with Crippen LogP contribution in [-0.4, -0.2) is 15.8 Å². The number of aryl methyl sites for hydroxylation is 8. The van der Waals surface area contributed by atoms with Crippen LogP contribution in [0.5, 0.6) is 0 Å². The Morgan fingerprint density at radius 2 is 0.769 bits per heavy atom. The van der Waals surface area contributed by atoms with E-state index in [2.05, 4.69) is 128 Å². The van der Waals surface area contributed by atoms with Crippen molar-refractivity contribution in [1.82, 2.24) is 9.97 Å². The standard InChI is InChI=1S/C20H20N2.C17H18O.C12H20/c1-13-5-7-17(9-15(13)3)19-11-21-20(22-12-19)18-8-6-14(2)16(4)10-18;1-11-5-7-15(9-13(11)3)17(18)16-8-6-12(2)14(4)10-16;1-7-8(2)12-6-5-11(7)9(3)10(12)4/h5-12H,1-4H3;5-10H,1-4H3;5-12H,1-4H3. The Hall–Kier alpha value is -4.63. The highest BCUT2D eigenvalue weighted by Crippen LogP contribution is 2.50. The molecule has 0 spiro atoms. The minimum atomic E-state index is 0.0983. The number of fused-ring (bicyclic) bond motifs is 2. The predicted octanol–water partition coefficient (Wildman–Crippen LogP) is 12.5. The van der Waals surface area contributed by atoms with E-state index in [1.165, 1.54) is 33.4 Å². The highest BCUT2D eigenvalue weighted by atomic mass is 16.1. The first-order valence-corrected chi connectivity index (χ1v) is 19.0. The van der Waals surface area contributed by atoms with Gasteiger partial charge in [0.1, 0.15) is 0 Å². The normalized spacial score (nSPS) is 21.5. The minimum absolute atomic E-state index is 0.0983. The lowest BCUT2D eigenvalue weighted by Crippen LogP contribution is -2.44. The van der Waals surface area contributed by atoms with Gasteiger partial charge >= 0.3 is 0 Å². The molecule has 0 radical (unpaired) electrons. The molecule has 3 nitrogen and oxygen atoms in total. The van der Waals surface area contributed by atoms with Crippen molar-refractivity contribution in [3.8, 4) is 22.5 Å². The van der Waals surface area contributed by atoms with E-state index in [-0.39, 0.29) is 5.78 Å². The zero-order valence-corrected chi connectivity index (χ0v) is 33.5. The zero-order chi connectivity index (χ0) is 37.9. The van der Waals surface area contributed by atoms with Crippen molar-refractivity contribution in [1.29, 1.82) is 0 Å². The third-order valence-electron chi connectivity index (χ3n) is 12.4. The Morgan fingerprint density at radius 1 is 0.423 bits per heavy atom. The number of carbonyl (C=O) groups is 1. The zero-order valence-electron chi connectivity index (χ0n) is 33.5. The number of aromatic nitrogens is 2. The van der Waals surface area contributed by atoms with Crippen LogP contribution in [0, 0.1) is 90.9 Å². The molecule has 3 aliphatic carbocycles. The largest absolute Gasteiger partial charge is 0.289 e. The van der Waals surface area contributed by atoms with Gasteiger partial charge in [-0.2, -0.15) is 0 Å². The van der Waals surface area contributed by atoms with E-state index in [1.54, 1.807) is 0 Å². The lowest BCUT2D eigenvalue weighted by Gasteiger charge is -2.50. The molecule has 2 bridgehead atoms. The molecule has 3 heteroatoms. The summed E-state index contributed by atoms with van der Waals surface area (Å²) in [6.45, 7) is 26.4. The van der Waals surface area contributed by atoms with Crippen molar-refractivity contribution in [2.45, 2.75) is 83.1 Å². The van der Waals surface area contributed by atoms with Crippen LogP contribution in [-0.2, 0) is 0 Å². The molecule has 270 valence electrons. The maximum atomic E-state index is 12.4. The van der Waals surface area contributed by atoms with Crippen molar-refractivity contribution in [3.63, 3.8) is 0 Å². The first-order valence-electron chi connectivity index (χ1n) is 19.0. The topological polar surface area (TPSA) is 42.9 Å². The number of nitrogens with zero attached hydrogens (tertiary/aromatic N) is 2. The number of carbonyl (C=O) groups excluding carboxylic acids is 1. The fourth-order valence-electron chi connectivity index (χ4n) is 7.68. The van der Waals surface area contributed by atoms with E-state index in [0.29, 0.717) is 0 Å². The Labute approximate surface area is 313 Å². The molecule has 52 heavy (non-hydrogen) atoms. The maximum Gasteiger partial charge on any atom is 0.193 e. The summed E-state index contributed by atoms with van der Waals surface area (Å²) in [5.41, 5.74) is 14.7. The van der Waals surface area contributed by atoms with Gasteiger partial charge in [0, 0.05) is 34.6 Å². The summed E-state index contributed by atoms with van der Waals surface area (Å²) in [5, 5.41) is 0. The van der Waals surface area contributed by atoms with Crippen LogP contribution >= 0.6 is 0 Å². The Balaban J connectivity index is 0.000000157. The van der Waals surface area contributed by atoms with E-state index < -0.39 is 0 Å². The highest BCUT2D eigenvalue weighted by molar-refractivity contribution is 6.09. The first kappa shape index (κ1) is 38.6. The van der Waals surface area contributed by atoms with Crippen molar-refractivity contribution in [2.75, 3.05) is 0 Å². The second-order valence-corrected chi connectivity index (χ2v) is 15.8. The number of ketones is 1. The Bertz CT molecular complexity index is 1910. The summed E-state index contributed by atoms with van der Waals surface area (Å²) in [6.07, 6.45) is 8.75. The van der Waals surface area contributed by atoms with Crippen LogP contribution < -0.4 is 0 Å². The van der Waals surface area contributed by atoms with Gasteiger partial charge in [-0.3, -0.25) is 4.79 Å². The molecule has 0 amide bonds. The number of allylic oxidation sites excluding steroid dienone is 2. The molecule has 0 aliphatic heterocycles. The molecule has 4 atom stereocenters. The summed E-state index contributed by atoms with van der Waals surface area (Å²) in [4.78, 5) is 21.4. The third-order valence-corrected chi connectivity index (χ3v) is 12.4. The van der Waals surface area contributed by atoms with Crippen LogP contribution in [0.25, 0.3) is 22.5 Å². The second kappa shape index (κ2) is 16.4. The highest BCUT2D eigenvalue weighted by Gasteiger charge is 2.43. The molecule has 5 aromatic rings. The van der Waals surface area contributed by atoms with E-state index in [0.717, 1.165) is 80.3 Å². The monoisotopic (exact) mass is 690 g/mol. The van der Waals surface area contributed by atoms with Gasteiger partial charge in [-0.15, -0.1) is 0 Å². The van der Waals surface area contributed by atoms with Gasteiger partial charge in [-0.25, -0.2) is 9.97 Å². The average Bonchev–Trinajstić information content (AvgIpc) is 3.13. The number of hydrogen-bond donors (Lipinski definition) is 0. The predicted molar refractivity (Wildman–Crippen MR) is 220 cm³/mol. The minimum Gasteiger partial charge on any atom is -0.289 e. The molecule has 1 aromatic heterocycles. The fourth-order valence-corrected chi connectivity index (χ4v) is 7.68. The van der Waals surface area contributed by atoms with E-state index in [4.69, 9.17) is 0 Å². The van der Waals surface area contributed by atoms with Crippen LogP contribution in [0.2, 0.25) is 0 Å². The smallest absolute Gasteiger partial charge is 0.193 e. The van der Waals surface area contributed by atoms with E-state index in [9.17, 15) is 4.79 Å². The fraction of sp³-hybridized carbons (Fsp3) is 0.367. The van der Waals surface area contributed by atoms with Crippen LogP contribution in [0.4, 0.5) is 0 Å². The van der Waals surface area contributed by atoms with Gasteiger partial charge < -0.3 is 0 Å². The van der Waals surface area contributed by atoms with Crippen LogP contribution in [0.1, 0.15) is 88.1 Å². The average molecular weight is 691 g/mol. The summed E-state index contributed by atoms with van der Waals surface area (Å²) >= 11 is 0. The molecule has 4 unspecified atom stereocenters. The quantitative estimate of drug-likeness (QED) is 0.139. The molecule has 0 N–H and O–H groups in total. The van der Waals surface area contributed by atoms with Crippen molar-refractivity contribution < 1.29 is 4.79 Å². The summed E-state index contributed by atoms with van der Waals surface area (Å²) < 4.78 is 0. The Kier molecular flexibility index (Phi) is 12.1. The maximum absolute atomic E-state index is 12.4. The number of rotatable bonds is 4. The Morgan fingerprint density at radius 3 is 1.15 bits per heavy atom. The van der Waals surface area contributed by atoms with E-state index in [1.807, 2.05) is 62.6 Å². The van der Waals surface area contributed by atoms with Crippen LogP contribution in [0.3, 0.4) is 0 Å². The summed E-state index contributed by atoms with van der Waals surface area (Å²) in [7, 11) is 0. The molecule has 0 saturated heterocycles. The first-order chi connectivity index (χ1) is 24.7. The SMILES string of the molecule is CC1C(C)C2C=CC1C(C)C2C.Cc1ccc(-c2cnc(-c3ccc(C)c(C)c3)nc2)cc1C.Cc1ccc(C(=O)c2ccc(C)c(C)c2)cc1C. The van der Waals surface area contributed by atoms with Crippen LogP contribution in [0.15, 0.2) is 97.3 Å². The van der Waals surface area contributed by atoms with Crippen molar-refractivity contribution in [3.05, 3.63) is 153 Å². The van der Waals surface area contributed by atoms with Gasteiger partial charge in [0.25, 0.3) is 0 Å². The number of benzene rings is 4. The summed E-state index contributed by atoms with van der Waals surface area (Å²) in [5.74, 6) is 6.23. The van der Waals surface area contributed by atoms with Crippen molar-refractivity contribution >= 4 is 5.78 Å². The molecule has 1 saturated carbocycles. The number of hydrogen-bond acceptors (Lipinski definition) is 3. The summed E-state index contributed by atoms with van der Waals surface area (Å²) in [6, 6.07) is 24.5. The van der Waals surface area contributed by atoms with Gasteiger partial charge in [0.15, 0.2) is 11.6 Å². The molecule has 3 aliphatic rings. The molecule has 1 fully saturated rings. The third kappa shape index (κ3) is 8.52. The second-order valence-electron chi connectivity index (χ2n) is 15.8. The van der Waals surface area contributed by atoms with Gasteiger partial charge in [0.2, 0.25) is 0 Å².